The Balaban J connectivity index is 2.55. The van der Waals surface area contributed by atoms with Crippen molar-refractivity contribution < 1.29 is 19.1 Å². The van der Waals surface area contributed by atoms with Gasteiger partial charge in [0.15, 0.2) is 0 Å². The first kappa shape index (κ1) is 13.9. The maximum absolute atomic E-state index is 11.4. The number of primary amides is 1. The molecule has 2 N–H and O–H groups in total. The third-order valence-electron chi connectivity index (χ3n) is 2.83. The molecule has 1 rings (SSSR count). The number of morpholine rings is 1. The first-order chi connectivity index (χ1) is 8.06. The van der Waals surface area contributed by atoms with Crippen LogP contribution in [0.3, 0.4) is 0 Å². The zero-order valence-corrected chi connectivity index (χ0v) is 10.3. The molecule has 0 spiro atoms. The normalized spacial score (nSPS) is 23.1. The lowest BCUT2D eigenvalue weighted by Crippen LogP contribution is -2.55. The quantitative estimate of drug-likeness (QED) is 0.660. The van der Waals surface area contributed by atoms with Gasteiger partial charge in [-0.25, -0.2) is 0 Å². The topological polar surface area (TPSA) is 81.9 Å². The fourth-order valence-electron chi connectivity index (χ4n) is 1.97. The van der Waals surface area contributed by atoms with E-state index in [-0.39, 0.29) is 18.4 Å². The van der Waals surface area contributed by atoms with Gasteiger partial charge in [0.05, 0.1) is 26.2 Å². The highest BCUT2D eigenvalue weighted by Crippen LogP contribution is 2.14. The van der Waals surface area contributed by atoms with Gasteiger partial charge in [-0.2, -0.15) is 0 Å². The van der Waals surface area contributed by atoms with Crippen LogP contribution in [0.2, 0.25) is 0 Å². The molecule has 98 valence electrons. The number of nitrogens with two attached hydrogens (primary N) is 1. The van der Waals surface area contributed by atoms with Crippen LogP contribution in [0.4, 0.5) is 0 Å². The Hall–Kier alpha value is -1.14. The van der Waals surface area contributed by atoms with E-state index in [0.717, 1.165) is 0 Å². The fourth-order valence-corrected chi connectivity index (χ4v) is 1.97. The second-order valence-corrected chi connectivity index (χ2v) is 4.09. The molecule has 6 heteroatoms. The Morgan fingerprint density at radius 3 is 2.88 bits per heavy atom. The predicted octanol–water partition coefficient (Wildman–Crippen LogP) is -0.486. The van der Waals surface area contributed by atoms with Gasteiger partial charge < -0.3 is 15.2 Å². The number of carbonyl (C=O) groups is 2. The summed E-state index contributed by atoms with van der Waals surface area (Å²) in [6.07, 6.45) is 0.262. The standard InChI is InChI=1S/C11H20N2O4/c1-3-17-10(14)6-8(2)13-4-5-16-7-9(13)11(12)15/h8-9H,3-7H2,1-2H3,(H2,12,15). The van der Waals surface area contributed by atoms with E-state index in [2.05, 4.69) is 0 Å². The van der Waals surface area contributed by atoms with E-state index >= 15 is 0 Å². The summed E-state index contributed by atoms with van der Waals surface area (Å²) < 4.78 is 10.1. The van der Waals surface area contributed by atoms with E-state index < -0.39 is 11.9 Å². The van der Waals surface area contributed by atoms with Crippen LogP contribution in [-0.2, 0) is 19.1 Å². The van der Waals surface area contributed by atoms with Gasteiger partial charge in [0.25, 0.3) is 0 Å². The summed E-state index contributed by atoms with van der Waals surface area (Å²) in [6, 6.07) is -0.524. The highest BCUT2D eigenvalue weighted by molar-refractivity contribution is 5.80. The maximum Gasteiger partial charge on any atom is 0.307 e. The lowest BCUT2D eigenvalue weighted by molar-refractivity contribution is -0.147. The largest absolute Gasteiger partial charge is 0.466 e. The van der Waals surface area contributed by atoms with Crippen LogP contribution in [0.5, 0.6) is 0 Å². The number of nitrogens with zero attached hydrogens (tertiary/aromatic N) is 1. The van der Waals surface area contributed by atoms with E-state index in [1.165, 1.54) is 0 Å². The maximum atomic E-state index is 11.4. The van der Waals surface area contributed by atoms with E-state index in [4.69, 9.17) is 15.2 Å². The molecule has 2 atom stereocenters. The molecular weight excluding hydrogens is 224 g/mol. The zero-order chi connectivity index (χ0) is 12.8. The Labute approximate surface area is 101 Å². The van der Waals surface area contributed by atoms with Gasteiger partial charge in [0, 0.05) is 12.6 Å². The van der Waals surface area contributed by atoms with Gasteiger partial charge >= 0.3 is 5.97 Å². The molecule has 2 unspecified atom stereocenters. The predicted molar refractivity (Wildman–Crippen MR) is 61.2 cm³/mol. The highest BCUT2D eigenvalue weighted by atomic mass is 16.5. The molecule has 0 bridgehead atoms. The molecule has 0 radical (unpaired) electrons. The monoisotopic (exact) mass is 244 g/mol. The molecule has 1 heterocycles. The summed E-state index contributed by atoms with van der Waals surface area (Å²) in [5.74, 6) is -0.671. The molecule has 0 saturated carbocycles. The average molecular weight is 244 g/mol. The van der Waals surface area contributed by atoms with E-state index in [1.807, 2.05) is 11.8 Å². The Morgan fingerprint density at radius 2 is 2.29 bits per heavy atom. The van der Waals surface area contributed by atoms with Crippen molar-refractivity contribution in [3.05, 3.63) is 0 Å². The van der Waals surface area contributed by atoms with E-state index in [9.17, 15) is 9.59 Å². The fraction of sp³-hybridized carbons (Fsp3) is 0.818. The van der Waals surface area contributed by atoms with Crippen molar-refractivity contribution in [2.75, 3.05) is 26.4 Å². The summed E-state index contributed by atoms with van der Waals surface area (Å²) in [5, 5.41) is 0. The van der Waals surface area contributed by atoms with Crippen LogP contribution >= 0.6 is 0 Å². The van der Waals surface area contributed by atoms with Crippen molar-refractivity contribution >= 4 is 11.9 Å². The minimum Gasteiger partial charge on any atom is -0.466 e. The summed E-state index contributed by atoms with van der Waals surface area (Å²) >= 11 is 0. The van der Waals surface area contributed by atoms with Gasteiger partial charge in [-0.05, 0) is 13.8 Å². The summed E-state index contributed by atoms with van der Waals surface area (Å²) in [6.45, 7) is 5.48. The van der Waals surface area contributed by atoms with Crippen molar-refractivity contribution in [1.29, 1.82) is 0 Å². The number of amides is 1. The second kappa shape index (κ2) is 6.56. The zero-order valence-electron chi connectivity index (χ0n) is 10.3. The number of carbonyl (C=O) groups excluding carboxylic acids is 2. The smallest absolute Gasteiger partial charge is 0.307 e. The minimum atomic E-state index is -0.451. The highest BCUT2D eigenvalue weighted by Gasteiger charge is 2.32. The lowest BCUT2D eigenvalue weighted by atomic mass is 10.1. The third-order valence-corrected chi connectivity index (χ3v) is 2.83. The first-order valence-electron chi connectivity index (χ1n) is 5.84. The number of hydrogen-bond donors (Lipinski definition) is 1. The molecule has 1 amide bonds. The number of esters is 1. The van der Waals surface area contributed by atoms with Crippen molar-refractivity contribution in [3.8, 4) is 0 Å². The van der Waals surface area contributed by atoms with Gasteiger partial charge in [-0.1, -0.05) is 0 Å². The van der Waals surface area contributed by atoms with E-state index in [1.54, 1.807) is 6.92 Å². The molecule has 0 aromatic carbocycles. The number of hydrogen-bond acceptors (Lipinski definition) is 5. The van der Waals surface area contributed by atoms with Crippen molar-refractivity contribution in [3.63, 3.8) is 0 Å². The molecule has 1 fully saturated rings. The van der Waals surface area contributed by atoms with Crippen molar-refractivity contribution in [1.82, 2.24) is 4.90 Å². The van der Waals surface area contributed by atoms with E-state index in [0.29, 0.717) is 26.4 Å². The van der Waals surface area contributed by atoms with Crippen LogP contribution in [0, 0.1) is 0 Å². The molecule has 1 aliphatic rings. The van der Waals surface area contributed by atoms with Gasteiger partial charge in [-0.15, -0.1) is 0 Å². The Bertz CT molecular complexity index is 283. The molecule has 0 aliphatic carbocycles. The summed E-state index contributed by atoms with van der Waals surface area (Å²) in [5.41, 5.74) is 5.31. The van der Waals surface area contributed by atoms with Gasteiger partial charge in [-0.3, -0.25) is 14.5 Å². The van der Waals surface area contributed by atoms with Crippen LogP contribution < -0.4 is 5.73 Å². The molecule has 1 saturated heterocycles. The molecule has 17 heavy (non-hydrogen) atoms. The Kier molecular flexibility index (Phi) is 5.37. The minimum absolute atomic E-state index is 0.0737. The van der Waals surface area contributed by atoms with Crippen molar-refractivity contribution in [2.45, 2.75) is 32.4 Å². The molecule has 0 aromatic heterocycles. The summed E-state index contributed by atoms with van der Waals surface area (Å²) in [7, 11) is 0. The number of ether oxygens (including phenoxy) is 2. The SMILES string of the molecule is CCOC(=O)CC(C)N1CCOCC1C(N)=O. The third kappa shape index (κ3) is 3.98. The van der Waals surface area contributed by atoms with Crippen LogP contribution in [-0.4, -0.2) is 55.2 Å². The number of rotatable bonds is 5. The summed E-state index contributed by atoms with van der Waals surface area (Å²) in [4.78, 5) is 24.5. The molecular formula is C11H20N2O4. The molecule has 1 aliphatic heterocycles. The van der Waals surface area contributed by atoms with Gasteiger partial charge in [0.1, 0.15) is 6.04 Å². The first-order valence-corrected chi connectivity index (χ1v) is 5.84. The molecule has 0 aromatic rings. The van der Waals surface area contributed by atoms with Gasteiger partial charge in [0.2, 0.25) is 5.91 Å². The molecule has 6 nitrogen and oxygen atoms in total. The van der Waals surface area contributed by atoms with Crippen LogP contribution in [0.25, 0.3) is 0 Å². The lowest BCUT2D eigenvalue weighted by Gasteiger charge is -2.37. The van der Waals surface area contributed by atoms with Crippen molar-refractivity contribution in [2.24, 2.45) is 5.73 Å². The second-order valence-electron chi connectivity index (χ2n) is 4.09. The average Bonchev–Trinajstić information content (AvgIpc) is 2.29. The Morgan fingerprint density at radius 1 is 1.59 bits per heavy atom. The van der Waals surface area contributed by atoms with Crippen LogP contribution in [0.15, 0.2) is 0 Å². The van der Waals surface area contributed by atoms with Crippen LogP contribution in [0.1, 0.15) is 20.3 Å².